The molecule has 1 N–H and O–H groups in total. The van der Waals surface area contributed by atoms with E-state index in [1.165, 1.54) is 0 Å². The first-order valence-electron chi connectivity index (χ1n) is 9.43. The van der Waals surface area contributed by atoms with E-state index in [1.54, 1.807) is 16.7 Å². The average Bonchev–Trinajstić information content (AvgIpc) is 3.10. The van der Waals surface area contributed by atoms with Crippen LogP contribution in [-0.4, -0.2) is 50.2 Å². The van der Waals surface area contributed by atoms with Gasteiger partial charge in [0.05, 0.1) is 12.0 Å². The van der Waals surface area contributed by atoms with E-state index in [0.29, 0.717) is 13.1 Å². The van der Waals surface area contributed by atoms with Crippen LogP contribution in [0.1, 0.15) is 18.0 Å². The second-order valence-electron chi connectivity index (χ2n) is 7.24. The lowest BCUT2D eigenvalue weighted by atomic mass is 10.0. The molecule has 28 heavy (non-hydrogen) atoms. The minimum atomic E-state index is -0.314. The fourth-order valence-electron chi connectivity index (χ4n) is 3.51. The third-order valence-electron chi connectivity index (χ3n) is 5.16. The van der Waals surface area contributed by atoms with Gasteiger partial charge >= 0.3 is 0 Å². The lowest BCUT2D eigenvalue weighted by Gasteiger charge is -2.25. The SMILES string of the molecule is CSc1ccc(N2C[C@H](C(=O)NC[C@H](c3ccccc3)N(C)C)CC2=O)cc1. The Balaban J connectivity index is 1.61. The van der Waals surface area contributed by atoms with Crippen molar-refractivity contribution < 1.29 is 9.59 Å². The summed E-state index contributed by atoms with van der Waals surface area (Å²) in [4.78, 5) is 30.1. The second kappa shape index (κ2) is 9.26. The van der Waals surface area contributed by atoms with Crippen LogP contribution < -0.4 is 10.2 Å². The zero-order chi connectivity index (χ0) is 20.1. The molecule has 2 aromatic rings. The standard InChI is InChI=1S/C22H27N3O2S/c1-24(2)20(16-7-5-4-6-8-16)14-23-22(27)17-13-21(26)25(15-17)18-9-11-19(28-3)12-10-18/h4-12,17,20H,13-15H2,1-3H3,(H,23,27)/t17-,20-/m1/s1. The number of anilines is 1. The third-order valence-corrected chi connectivity index (χ3v) is 5.90. The Kier molecular flexibility index (Phi) is 6.75. The van der Waals surface area contributed by atoms with Gasteiger partial charge in [-0.2, -0.15) is 0 Å². The molecule has 2 amide bonds. The summed E-state index contributed by atoms with van der Waals surface area (Å²) in [6.45, 7) is 0.949. The average molecular weight is 398 g/mol. The van der Waals surface area contributed by atoms with Crippen molar-refractivity contribution in [2.24, 2.45) is 5.92 Å². The quantitative estimate of drug-likeness (QED) is 0.729. The summed E-state index contributed by atoms with van der Waals surface area (Å²) < 4.78 is 0. The second-order valence-corrected chi connectivity index (χ2v) is 8.12. The summed E-state index contributed by atoms with van der Waals surface area (Å²) in [6.07, 6.45) is 2.28. The number of amides is 2. The number of benzene rings is 2. The van der Waals surface area contributed by atoms with Crippen LogP contribution in [0.25, 0.3) is 0 Å². The number of carbonyl (C=O) groups is 2. The molecule has 6 heteroatoms. The van der Waals surface area contributed by atoms with Gasteiger partial charge in [0.2, 0.25) is 11.8 Å². The molecule has 1 aliphatic rings. The Hall–Kier alpha value is -2.31. The van der Waals surface area contributed by atoms with Crippen LogP contribution in [0.3, 0.4) is 0 Å². The first-order chi connectivity index (χ1) is 13.5. The Bertz CT molecular complexity index is 808. The molecule has 0 unspecified atom stereocenters. The maximum atomic E-state index is 12.7. The Morgan fingerprint density at radius 1 is 1.18 bits per heavy atom. The van der Waals surface area contributed by atoms with Gasteiger partial charge in [-0.05, 0) is 50.2 Å². The van der Waals surface area contributed by atoms with Crippen molar-refractivity contribution in [2.45, 2.75) is 17.4 Å². The highest BCUT2D eigenvalue weighted by Crippen LogP contribution is 2.27. The van der Waals surface area contributed by atoms with Gasteiger partial charge in [0.15, 0.2) is 0 Å². The minimum Gasteiger partial charge on any atom is -0.354 e. The topological polar surface area (TPSA) is 52.7 Å². The maximum Gasteiger partial charge on any atom is 0.227 e. The van der Waals surface area contributed by atoms with Gasteiger partial charge in [-0.1, -0.05) is 30.3 Å². The van der Waals surface area contributed by atoms with Crippen molar-refractivity contribution in [1.29, 1.82) is 0 Å². The third kappa shape index (κ3) is 4.75. The van der Waals surface area contributed by atoms with E-state index in [-0.39, 0.29) is 30.2 Å². The predicted octanol–water partition coefficient (Wildman–Crippen LogP) is 3.18. The summed E-state index contributed by atoms with van der Waals surface area (Å²) in [5, 5.41) is 3.05. The van der Waals surface area contributed by atoms with E-state index in [4.69, 9.17) is 0 Å². The predicted molar refractivity (Wildman–Crippen MR) is 115 cm³/mol. The first kappa shape index (κ1) is 20.4. The van der Waals surface area contributed by atoms with Crippen LogP contribution in [0.5, 0.6) is 0 Å². The molecule has 1 aliphatic heterocycles. The van der Waals surface area contributed by atoms with Gasteiger partial charge in [0, 0.05) is 30.1 Å². The molecule has 3 rings (SSSR count). The largest absolute Gasteiger partial charge is 0.354 e. The molecule has 5 nitrogen and oxygen atoms in total. The number of carbonyl (C=O) groups excluding carboxylic acids is 2. The van der Waals surface area contributed by atoms with Crippen molar-refractivity contribution >= 4 is 29.3 Å². The molecule has 0 aromatic heterocycles. The Morgan fingerprint density at radius 2 is 1.86 bits per heavy atom. The number of likely N-dealkylation sites (N-methyl/N-ethyl adjacent to an activating group) is 1. The molecule has 0 radical (unpaired) electrons. The lowest BCUT2D eigenvalue weighted by Crippen LogP contribution is -2.38. The smallest absolute Gasteiger partial charge is 0.227 e. The number of rotatable bonds is 7. The van der Waals surface area contributed by atoms with E-state index in [1.807, 2.05) is 62.8 Å². The van der Waals surface area contributed by atoms with Crippen LogP contribution >= 0.6 is 11.8 Å². The molecule has 1 fully saturated rings. The molecule has 2 aromatic carbocycles. The van der Waals surface area contributed by atoms with Crippen molar-refractivity contribution in [3.05, 3.63) is 60.2 Å². The van der Waals surface area contributed by atoms with Crippen molar-refractivity contribution in [3.63, 3.8) is 0 Å². The monoisotopic (exact) mass is 397 g/mol. The summed E-state index contributed by atoms with van der Waals surface area (Å²) in [6, 6.07) is 18.1. The molecule has 1 heterocycles. The van der Waals surface area contributed by atoms with Crippen molar-refractivity contribution in [1.82, 2.24) is 10.2 Å². The van der Waals surface area contributed by atoms with Gasteiger partial charge < -0.3 is 15.1 Å². The van der Waals surface area contributed by atoms with Crippen molar-refractivity contribution in [2.75, 3.05) is 38.3 Å². The van der Waals surface area contributed by atoms with E-state index in [2.05, 4.69) is 22.3 Å². The van der Waals surface area contributed by atoms with E-state index in [0.717, 1.165) is 16.1 Å². The van der Waals surface area contributed by atoms with Gasteiger partial charge in [0.1, 0.15) is 0 Å². The molecular formula is C22H27N3O2S. The number of nitrogens with zero attached hydrogens (tertiary/aromatic N) is 2. The molecule has 0 spiro atoms. The molecule has 1 saturated heterocycles. The van der Waals surface area contributed by atoms with Crippen LogP contribution in [-0.2, 0) is 9.59 Å². The number of hydrogen-bond donors (Lipinski definition) is 1. The highest BCUT2D eigenvalue weighted by Gasteiger charge is 2.35. The number of hydrogen-bond acceptors (Lipinski definition) is 4. The van der Waals surface area contributed by atoms with Crippen LogP contribution in [0.4, 0.5) is 5.69 Å². The first-order valence-corrected chi connectivity index (χ1v) is 10.7. The Morgan fingerprint density at radius 3 is 2.46 bits per heavy atom. The minimum absolute atomic E-state index is 0.00395. The molecule has 0 saturated carbocycles. The molecule has 0 aliphatic carbocycles. The highest BCUT2D eigenvalue weighted by atomic mass is 32.2. The molecular weight excluding hydrogens is 370 g/mol. The van der Waals surface area contributed by atoms with Gasteiger partial charge in [0.25, 0.3) is 0 Å². The van der Waals surface area contributed by atoms with E-state index >= 15 is 0 Å². The number of thioether (sulfide) groups is 1. The van der Waals surface area contributed by atoms with Gasteiger partial charge in [-0.3, -0.25) is 9.59 Å². The van der Waals surface area contributed by atoms with Crippen LogP contribution in [0, 0.1) is 5.92 Å². The normalized spacial score (nSPS) is 17.8. The zero-order valence-corrected chi connectivity index (χ0v) is 17.4. The highest BCUT2D eigenvalue weighted by molar-refractivity contribution is 7.98. The summed E-state index contributed by atoms with van der Waals surface area (Å²) in [5.41, 5.74) is 2.01. The van der Waals surface area contributed by atoms with E-state index in [9.17, 15) is 9.59 Å². The van der Waals surface area contributed by atoms with Crippen LogP contribution in [0.15, 0.2) is 59.5 Å². The van der Waals surface area contributed by atoms with Gasteiger partial charge in [-0.15, -0.1) is 11.8 Å². The summed E-state index contributed by atoms with van der Waals surface area (Å²) in [5.74, 6) is -0.366. The fraction of sp³-hybridized carbons (Fsp3) is 0.364. The van der Waals surface area contributed by atoms with E-state index < -0.39 is 0 Å². The fourth-order valence-corrected chi connectivity index (χ4v) is 3.92. The Labute approximate surface area is 171 Å². The number of nitrogens with one attached hydrogen (secondary N) is 1. The lowest BCUT2D eigenvalue weighted by molar-refractivity contribution is -0.126. The molecule has 0 bridgehead atoms. The molecule has 148 valence electrons. The summed E-state index contributed by atoms with van der Waals surface area (Å²) >= 11 is 1.66. The zero-order valence-electron chi connectivity index (χ0n) is 16.6. The van der Waals surface area contributed by atoms with Crippen LogP contribution in [0.2, 0.25) is 0 Å². The summed E-state index contributed by atoms with van der Waals surface area (Å²) in [7, 11) is 4.01. The van der Waals surface area contributed by atoms with Crippen molar-refractivity contribution in [3.8, 4) is 0 Å². The maximum absolute atomic E-state index is 12.7. The van der Waals surface area contributed by atoms with Gasteiger partial charge in [-0.25, -0.2) is 0 Å². The molecule has 2 atom stereocenters.